The van der Waals surface area contributed by atoms with Crippen LogP contribution in [0.2, 0.25) is 0 Å². The average molecular weight is 492 g/mol. The molecule has 1 aliphatic heterocycles. The van der Waals surface area contributed by atoms with Crippen LogP contribution < -0.4 is 4.74 Å². The van der Waals surface area contributed by atoms with E-state index in [9.17, 15) is 4.79 Å². The Morgan fingerprint density at radius 1 is 1.03 bits per heavy atom. The van der Waals surface area contributed by atoms with Gasteiger partial charge in [0.15, 0.2) is 0 Å². The summed E-state index contributed by atoms with van der Waals surface area (Å²) in [4.78, 5) is 14.6. The highest BCUT2D eigenvalue weighted by atomic mass is 16.6. The van der Waals surface area contributed by atoms with Crippen LogP contribution in [-0.2, 0) is 16.1 Å². The maximum atomic E-state index is 12.8. The highest BCUT2D eigenvalue weighted by molar-refractivity contribution is 5.82. The van der Waals surface area contributed by atoms with Gasteiger partial charge in [-0.2, -0.15) is 0 Å². The molecule has 2 unspecified atom stereocenters. The molecule has 1 amide bonds. The zero-order valence-electron chi connectivity index (χ0n) is 21.5. The fraction of sp³-hybridized carbons (Fsp3) is 0.433. The van der Waals surface area contributed by atoms with E-state index < -0.39 is 5.60 Å². The topological polar surface area (TPSA) is 68.2 Å². The minimum atomic E-state index is -0.540. The molecular formula is C30H37NO5. The summed E-state index contributed by atoms with van der Waals surface area (Å²) in [6, 6.07) is 22.8. The summed E-state index contributed by atoms with van der Waals surface area (Å²) >= 11 is 0. The number of piperidine rings is 1. The van der Waals surface area contributed by atoms with Crippen molar-refractivity contribution in [3.05, 3.63) is 77.9 Å². The second kappa shape index (κ2) is 11.8. The van der Waals surface area contributed by atoms with E-state index in [0.29, 0.717) is 32.7 Å². The van der Waals surface area contributed by atoms with Gasteiger partial charge in [0, 0.05) is 25.5 Å². The van der Waals surface area contributed by atoms with E-state index in [1.54, 1.807) is 4.90 Å². The van der Waals surface area contributed by atoms with Crippen LogP contribution in [0.15, 0.2) is 66.7 Å². The molecule has 0 spiro atoms. The number of carbonyl (C=O) groups excluding carboxylic acids is 1. The van der Waals surface area contributed by atoms with Gasteiger partial charge in [-0.05, 0) is 67.3 Å². The first-order chi connectivity index (χ1) is 17.3. The summed E-state index contributed by atoms with van der Waals surface area (Å²) < 4.78 is 17.8. The third-order valence-electron chi connectivity index (χ3n) is 6.37. The Bertz CT molecular complexity index is 1140. The fourth-order valence-corrected chi connectivity index (χ4v) is 4.56. The van der Waals surface area contributed by atoms with Crippen LogP contribution in [0.25, 0.3) is 10.8 Å². The van der Waals surface area contributed by atoms with E-state index in [4.69, 9.17) is 19.3 Å². The molecule has 1 N–H and O–H groups in total. The summed E-state index contributed by atoms with van der Waals surface area (Å²) in [7, 11) is 0. The van der Waals surface area contributed by atoms with Crippen molar-refractivity contribution in [1.29, 1.82) is 0 Å². The van der Waals surface area contributed by atoms with E-state index in [2.05, 4.69) is 42.5 Å². The lowest BCUT2D eigenvalue weighted by Gasteiger charge is -2.39. The number of nitrogens with zero attached hydrogens (tertiary/aromatic N) is 1. The lowest BCUT2D eigenvalue weighted by atomic mass is 9.87. The molecule has 192 valence electrons. The van der Waals surface area contributed by atoms with Crippen molar-refractivity contribution in [1.82, 2.24) is 4.90 Å². The Labute approximate surface area is 213 Å². The molecule has 0 radical (unpaired) electrons. The number of ether oxygens (including phenoxy) is 3. The van der Waals surface area contributed by atoms with Gasteiger partial charge in [0.2, 0.25) is 0 Å². The van der Waals surface area contributed by atoms with E-state index in [1.165, 1.54) is 10.8 Å². The van der Waals surface area contributed by atoms with E-state index in [-0.39, 0.29) is 24.7 Å². The molecule has 0 saturated carbocycles. The van der Waals surface area contributed by atoms with Crippen molar-refractivity contribution in [3.63, 3.8) is 0 Å². The molecule has 3 aromatic carbocycles. The Hall–Kier alpha value is -3.09. The third-order valence-corrected chi connectivity index (χ3v) is 6.37. The van der Waals surface area contributed by atoms with E-state index in [1.807, 2.05) is 45.0 Å². The highest BCUT2D eigenvalue weighted by Crippen LogP contribution is 2.33. The molecule has 6 heteroatoms. The van der Waals surface area contributed by atoms with Crippen LogP contribution >= 0.6 is 0 Å². The summed E-state index contributed by atoms with van der Waals surface area (Å²) in [5.41, 5.74) is 1.73. The number of likely N-dealkylation sites (tertiary alicyclic amines) is 1. The maximum absolute atomic E-state index is 12.8. The zero-order chi connectivity index (χ0) is 25.5. The van der Waals surface area contributed by atoms with Crippen LogP contribution in [0.3, 0.4) is 0 Å². The van der Waals surface area contributed by atoms with Crippen LogP contribution in [0.4, 0.5) is 4.79 Å². The number of benzene rings is 3. The van der Waals surface area contributed by atoms with Crippen molar-refractivity contribution in [2.75, 3.05) is 26.3 Å². The number of carbonyl (C=O) groups is 1. The number of amides is 1. The lowest BCUT2D eigenvalue weighted by molar-refractivity contribution is -0.0359. The second-order valence-electron chi connectivity index (χ2n) is 10.3. The number of fused-ring (bicyclic) bond motifs is 1. The first-order valence-electron chi connectivity index (χ1n) is 12.7. The van der Waals surface area contributed by atoms with Gasteiger partial charge in [-0.15, -0.1) is 0 Å². The number of aliphatic hydroxyl groups excluding tert-OH is 1. The van der Waals surface area contributed by atoms with Crippen molar-refractivity contribution in [3.8, 4) is 5.75 Å². The molecule has 0 bridgehead atoms. The summed E-state index contributed by atoms with van der Waals surface area (Å²) in [5, 5.41) is 11.4. The summed E-state index contributed by atoms with van der Waals surface area (Å²) in [6.07, 6.45) is 0.925. The number of hydrogen-bond donors (Lipinski definition) is 1. The predicted octanol–water partition coefficient (Wildman–Crippen LogP) is 5.91. The molecule has 1 heterocycles. The molecule has 36 heavy (non-hydrogen) atoms. The molecule has 0 aromatic heterocycles. The van der Waals surface area contributed by atoms with Crippen molar-refractivity contribution in [2.24, 2.45) is 0 Å². The van der Waals surface area contributed by atoms with Crippen LogP contribution in [0.1, 0.15) is 50.7 Å². The standard InChI is InChI=1S/C30H37NO5/c1-30(2,3)36-29(33)31-16-15-27(24-11-13-26(14-12-24)34-18-6-17-32)28(20-31)35-21-22-9-10-23-7-4-5-8-25(23)19-22/h4-5,7-14,19,27-28,32H,6,15-18,20-21H2,1-3H3. The zero-order valence-corrected chi connectivity index (χ0v) is 21.5. The van der Waals surface area contributed by atoms with Crippen molar-refractivity contribution < 1.29 is 24.1 Å². The molecule has 6 nitrogen and oxygen atoms in total. The molecule has 1 fully saturated rings. The second-order valence-corrected chi connectivity index (χ2v) is 10.3. The molecule has 1 aliphatic rings. The first kappa shape index (κ1) is 26.0. The Kier molecular flexibility index (Phi) is 8.49. The minimum absolute atomic E-state index is 0.116. The van der Waals surface area contributed by atoms with Gasteiger partial charge >= 0.3 is 6.09 Å². The Morgan fingerprint density at radius 2 is 1.78 bits per heavy atom. The van der Waals surface area contributed by atoms with Gasteiger partial charge in [-0.1, -0.05) is 48.5 Å². The minimum Gasteiger partial charge on any atom is -0.494 e. The third kappa shape index (κ3) is 6.99. The molecule has 2 atom stereocenters. The summed E-state index contributed by atoms with van der Waals surface area (Å²) in [6.45, 7) is 7.81. The van der Waals surface area contributed by atoms with E-state index >= 15 is 0 Å². The Balaban J connectivity index is 1.49. The average Bonchev–Trinajstić information content (AvgIpc) is 2.87. The molecular weight excluding hydrogens is 454 g/mol. The van der Waals surface area contributed by atoms with Crippen LogP contribution in [0.5, 0.6) is 5.75 Å². The highest BCUT2D eigenvalue weighted by Gasteiger charge is 2.35. The SMILES string of the molecule is CC(C)(C)OC(=O)N1CCC(c2ccc(OCCCO)cc2)C(OCc2ccc3ccccc3c2)C1. The van der Waals surface area contributed by atoms with Gasteiger partial charge in [0.1, 0.15) is 11.4 Å². The smallest absolute Gasteiger partial charge is 0.410 e. The summed E-state index contributed by atoms with van der Waals surface area (Å²) in [5.74, 6) is 0.933. The van der Waals surface area contributed by atoms with Gasteiger partial charge in [-0.25, -0.2) is 4.79 Å². The molecule has 1 saturated heterocycles. The van der Waals surface area contributed by atoms with Gasteiger partial charge in [0.05, 0.1) is 25.9 Å². The largest absolute Gasteiger partial charge is 0.494 e. The number of rotatable bonds is 8. The molecule has 4 rings (SSSR count). The first-order valence-corrected chi connectivity index (χ1v) is 12.7. The van der Waals surface area contributed by atoms with Crippen molar-refractivity contribution in [2.45, 2.75) is 57.8 Å². The quantitative estimate of drug-likeness (QED) is 0.397. The lowest BCUT2D eigenvalue weighted by Crippen LogP contribution is -2.48. The van der Waals surface area contributed by atoms with Crippen LogP contribution in [-0.4, -0.2) is 54.1 Å². The van der Waals surface area contributed by atoms with E-state index in [0.717, 1.165) is 23.3 Å². The Morgan fingerprint density at radius 3 is 2.50 bits per heavy atom. The maximum Gasteiger partial charge on any atom is 0.410 e. The normalized spacial score (nSPS) is 18.3. The van der Waals surface area contributed by atoms with Crippen molar-refractivity contribution >= 4 is 16.9 Å². The van der Waals surface area contributed by atoms with Crippen LogP contribution in [0, 0.1) is 0 Å². The number of hydrogen-bond acceptors (Lipinski definition) is 5. The van der Waals surface area contributed by atoms with Gasteiger partial charge in [-0.3, -0.25) is 0 Å². The fourth-order valence-electron chi connectivity index (χ4n) is 4.56. The monoisotopic (exact) mass is 491 g/mol. The van der Waals surface area contributed by atoms with Gasteiger partial charge < -0.3 is 24.2 Å². The molecule has 3 aromatic rings. The van der Waals surface area contributed by atoms with Gasteiger partial charge in [0.25, 0.3) is 0 Å². The predicted molar refractivity (Wildman–Crippen MR) is 141 cm³/mol. The molecule has 0 aliphatic carbocycles. The number of aliphatic hydroxyl groups is 1.